The minimum atomic E-state index is 0.664. The molecule has 0 amide bonds. The van der Waals surface area contributed by atoms with Gasteiger partial charge in [-0.1, -0.05) is 13.0 Å². The number of anilines is 2. The van der Waals surface area contributed by atoms with Gasteiger partial charge in [-0.25, -0.2) is 9.97 Å². The van der Waals surface area contributed by atoms with Gasteiger partial charge in [0.2, 0.25) is 0 Å². The van der Waals surface area contributed by atoms with Crippen molar-refractivity contribution in [2.24, 2.45) is 0 Å². The van der Waals surface area contributed by atoms with Crippen LogP contribution in [0.2, 0.25) is 0 Å². The Kier molecular flexibility index (Phi) is 4.87. The standard InChI is InChI=1S/C15H21N5/c1-4-7-17-14-12(3)15(20-10-19-14)18-9-13-11(2)6-5-8-16-13/h5-6,8,10H,4,7,9H2,1-3H3,(H2,17,18,19,20). The maximum Gasteiger partial charge on any atom is 0.134 e. The van der Waals surface area contributed by atoms with E-state index in [2.05, 4.69) is 45.5 Å². The molecule has 0 radical (unpaired) electrons. The highest BCUT2D eigenvalue weighted by molar-refractivity contribution is 5.56. The molecular formula is C15H21N5. The van der Waals surface area contributed by atoms with Crippen molar-refractivity contribution < 1.29 is 0 Å². The van der Waals surface area contributed by atoms with Gasteiger partial charge in [-0.15, -0.1) is 0 Å². The van der Waals surface area contributed by atoms with Gasteiger partial charge in [-0.3, -0.25) is 4.98 Å². The van der Waals surface area contributed by atoms with Gasteiger partial charge in [0.15, 0.2) is 0 Å². The van der Waals surface area contributed by atoms with Gasteiger partial charge in [0, 0.05) is 18.3 Å². The number of aromatic nitrogens is 3. The lowest BCUT2D eigenvalue weighted by Gasteiger charge is -2.12. The van der Waals surface area contributed by atoms with Crippen LogP contribution in [0.15, 0.2) is 24.7 Å². The van der Waals surface area contributed by atoms with Crippen molar-refractivity contribution in [2.75, 3.05) is 17.2 Å². The third kappa shape index (κ3) is 3.44. The summed E-state index contributed by atoms with van der Waals surface area (Å²) in [5.41, 5.74) is 3.25. The fraction of sp³-hybridized carbons (Fsp3) is 0.400. The van der Waals surface area contributed by atoms with E-state index >= 15 is 0 Å². The van der Waals surface area contributed by atoms with E-state index < -0.39 is 0 Å². The van der Waals surface area contributed by atoms with Crippen molar-refractivity contribution in [3.8, 4) is 0 Å². The molecule has 2 rings (SSSR count). The molecule has 0 aromatic carbocycles. The largest absolute Gasteiger partial charge is 0.370 e. The summed E-state index contributed by atoms with van der Waals surface area (Å²) in [6.07, 6.45) is 4.46. The van der Waals surface area contributed by atoms with Crippen molar-refractivity contribution in [1.29, 1.82) is 0 Å². The lowest BCUT2D eigenvalue weighted by atomic mass is 10.2. The summed E-state index contributed by atoms with van der Waals surface area (Å²) >= 11 is 0. The van der Waals surface area contributed by atoms with E-state index in [0.29, 0.717) is 6.54 Å². The molecular weight excluding hydrogens is 250 g/mol. The molecule has 0 aliphatic heterocycles. The first-order chi connectivity index (χ1) is 9.72. The van der Waals surface area contributed by atoms with Gasteiger partial charge in [0.1, 0.15) is 18.0 Å². The number of nitrogens with one attached hydrogen (secondary N) is 2. The number of hydrogen-bond acceptors (Lipinski definition) is 5. The Balaban J connectivity index is 2.08. The molecule has 5 nitrogen and oxygen atoms in total. The van der Waals surface area contributed by atoms with Crippen molar-refractivity contribution in [2.45, 2.75) is 33.7 Å². The number of hydrogen-bond donors (Lipinski definition) is 2. The average molecular weight is 271 g/mol. The molecule has 0 atom stereocenters. The second-order valence-corrected chi connectivity index (χ2v) is 4.74. The summed E-state index contributed by atoms with van der Waals surface area (Å²) in [6.45, 7) is 7.79. The molecule has 0 unspecified atom stereocenters. The smallest absolute Gasteiger partial charge is 0.134 e. The molecule has 0 spiro atoms. The number of rotatable bonds is 6. The summed E-state index contributed by atoms with van der Waals surface area (Å²) < 4.78 is 0. The molecule has 20 heavy (non-hydrogen) atoms. The van der Waals surface area contributed by atoms with Crippen LogP contribution in [0.3, 0.4) is 0 Å². The van der Waals surface area contributed by atoms with Gasteiger partial charge in [-0.05, 0) is 31.9 Å². The van der Waals surface area contributed by atoms with Crippen LogP contribution >= 0.6 is 0 Å². The maximum atomic E-state index is 4.37. The van der Waals surface area contributed by atoms with E-state index in [0.717, 1.165) is 35.9 Å². The van der Waals surface area contributed by atoms with Gasteiger partial charge >= 0.3 is 0 Å². The van der Waals surface area contributed by atoms with Crippen molar-refractivity contribution in [1.82, 2.24) is 15.0 Å². The maximum absolute atomic E-state index is 4.37. The Morgan fingerprint density at radius 2 is 1.80 bits per heavy atom. The van der Waals surface area contributed by atoms with E-state index in [-0.39, 0.29) is 0 Å². The first-order valence-electron chi connectivity index (χ1n) is 6.92. The van der Waals surface area contributed by atoms with Gasteiger partial charge < -0.3 is 10.6 Å². The Morgan fingerprint density at radius 1 is 1.05 bits per heavy atom. The predicted molar refractivity (Wildman–Crippen MR) is 81.9 cm³/mol. The zero-order valence-corrected chi connectivity index (χ0v) is 12.3. The Bertz CT molecular complexity index is 568. The minimum absolute atomic E-state index is 0.664. The molecule has 0 fully saturated rings. The molecule has 2 aromatic rings. The molecule has 0 saturated heterocycles. The average Bonchev–Trinajstić information content (AvgIpc) is 2.46. The molecule has 2 heterocycles. The summed E-state index contributed by atoms with van der Waals surface area (Å²) in [6, 6.07) is 4.01. The molecule has 0 aliphatic carbocycles. The van der Waals surface area contributed by atoms with Gasteiger partial charge in [-0.2, -0.15) is 0 Å². The molecule has 0 bridgehead atoms. The monoisotopic (exact) mass is 271 g/mol. The molecule has 106 valence electrons. The second-order valence-electron chi connectivity index (χ2n) is 4.74. The van der Waals surface area contributed by atoms with E-state index in [4.69, 9.17) is 0 Å². The van der Waals surface area contributed by atoms with Crippen LogP contribution in [0.1, 0.15) is 30.2 Å². The van der Waals surface area contributed by atoms with Crippen LogP contribution in [0.25, 0.3) is 0 Å². The van der Waals surface area contributed by atoms with Crippen molar-refractivity contribution in [3.63, 3.8) is 0 Å². The normalized spacial score (nSPS) is 10.3. The molecule has 2 N–H and O–H groups in total. The van der Waals surface area contributed by atoms with Crippen molar-refractivity contribution in [3.05, 3.63) is 41.5 Å². The highest BCUT2D eigenvalue weighted by Crippen LogP contribution is 2.18. The van der Waals surface area contributed by atoms with E-state index in [1.165, 1.54) is 5.56 Å². The van der Waals surface area contributed by atoms with Crippen LogP contribution in [0.5, 0.6) is 0 Å². The van der Waals surface area contributed by atoms with Crippen LogP contribution < -0.4 is 10.6 Å². The number of pyridine rings is 1. The topological polar surface area (TPSA) is 62.7 Å². The highest BCUT2D eigenvalue weighted by atomic mass is 15.1. The zero-order chi connectivity index (χ0) is 14.4. The number of aryl methyl sites for hydroxylation is 1. The molecule has 0 aliphatic rings. The minimum Gasteiger partial charge on any atom is -0.370 e. The summed E-state index contributed by atoms with van der Waals surface area (Å²) in [4.78, 5) is 12.9. The third-order valence-corrected chi connectivity index (χ3v) is 3.17. The van der Waals surface area contributed by atoms with E-state index in [9.17, 15) is 0 Å². The number of nitrogens with zero attached hydrogens (tertiary/aromatic N) is 3. The fourth-order valence-electron chi connectivity index (χ4n) is 1.92. The predicted octanol–water partition coefficient (Wildman–Crippen LogP) is 2.92. The fourth-order valence-corrected chi connectivity index (χ4v) is 1.92. The van der Waals surface area contributed by atoms with E-state index in [1.54, 1.807) is 6.33 Å². The summed E-state index contributed by atoms with van der Waals surface area (Å²) in [5.74, 6) is 1.74. The summed E-state index contributed by atoms with van der Waals surface area (Å²) in [5, 5.41) is 6.64. The van der Waals surface area contributed by atoms with Crippen LogP contribution in [-0.4, -0.2) is 21.5 Å². The molecule has 2 aromatic heterocycles. The summed E-state index contributed by atoms with van der Waals surface area (Å²) in [7, 11) is 0. The quantitative estimate of drug-likeness (QED) is 0.845. The molecule has 0 saturated carbocycles. The lowest BCUT2D eigenvalue weighted by Crippen LogP contribution is -2.10. The van der Waals surface area contributed by atoms with Gasteiger partial charge in [0.05, 0.1) is 12.2 Å². The first-order valence-corrected chi connectivity index (χ1v) is 6.92. The van der Waals surface area contributed by atoms with Crippen molar-refractivity contribution >= 4 is 11.6 Å². The first kappa shape index (κ1) is 14.2. The Labute approximate surface area is 119 Å². The van der Waals surface area contributed by atoms with E-state index in [1.807, 2.05) is 19.2 Å². The molecule has 5 heteroatoms. The Hall–Kier alpha value is -2.17. The lowest BCUT2D eigenvalue weighted by molar-refractivity contribution is 0.952. The van der Waals surface area contributed by atoms with Gasteiger partial charge in [0.25, 0.3) is 0 Å². The Morgan fingerprint density at radius 3 is 2.50 bits per heavy atom. The van der Waals surface area contributed by atoms with Crippen LogP contribution in [0, 0.1) is 13.8 Å². The second kappa shape index (κ2) is 6.84. The van der Waals surface area contributed by atoms with Crippen LogP contribution in [0.4, 0.5) is 11.6 Å². The van der Waals surface area contributed by atoms with Crippen LogP contribution in [-0.2, 0) is 6.54 Å². The highest BCUT2D eigenvalue weighted by Gasteiger charge is 2.07. The SMILES string of the molecule is CCCNc1ncnc(NCc2ncccc2C)c1C. The zero-order valence-electron chi connectivity index (χ0n) is 12.3. The third-order valence-electron chi connectivity index (χ3n) is 3.17.